The molecule has 0 spiro atoms. The molecule has 1 fully saturated rings. The van der Waals surface area contributed by atoms with E-state index in [1.54, 1.807) is 12.1 Å². The lowest BCUT2D eigenvalue weighted by atomic mass is 10.2. The fourth-order valence-electron chi connectivity index (χ4n) is 3.37. The minimum absolute atomic E-state index is 0. The van der Waals surface area contributed by atoms with Crippen molar-refractivity contribution in [2.45, 2.75) is 38.8 Å². The van der Waals surface area contributed by atoms with Crippen LogP contribution in [0.5, 0.6) is 0 Å². The van der Waals surface area contributed by atoms with Gasteiger partial charge >= 0.3 is 0 Å². The molecular weight excluding hydrogens is 292 g/mol. The third-order valence-electron chi connectivity index (χ3n) is 4.59. The molecule has 0 unspecified atom stereocenters. The second-order valence-corrected chi connectivity index (χ2v) is 6.11. The molecule has 120 valence electrons. The van der Waals surface area contributed by atoms with Crippen molar-refractivity contribution in [3.05, 3.63) is 36.5 Å². The average Bonchev–Trinajstić information content (AvgIpc) is 3.26. The molecule has 1 aliphatic heterocycles. The molecule has 6 heteroatoms. The summed E-state index contributed by atoms with van der Waals surface area (Å²) in [6.45, 7) is 4.16. The van der Waals surface area contributed by atoms with E-state index in [0.29, 0.717) is 17.2 Å². The molecule has 4 rings (SSSR count). The summed E-state index contributed by atoms with van der Waals surface area (Å²) in [6.07, 6.45) is 5.38. The molecule has 3 aromatic rings. The minimum Gasteiger partial charge on any atom is -0.449 e. The molecule has 0 aromatic carbocycles. The van der Waals surface area contributed by atoms with Crippen LogP contribution in [0.1, 0.15) is 38.7 Å². The molecular formula is C17H20N4O2. The lowest BCUT2D eigenvalue weighted by Gasteiger charge is -2.25. The topological polar surface area (TPSA) is 75.0 Å². The number of fused-ring (bicyclic) bond motifs is 1. The molecule has 3 aromatic heterocycles. The van der Waals surface area contributed by atoms with Gasteiger partial charge in [-0.1, -0.05) is 0 Å². The van der Waals surface area contributed by atoms with Crippen LogP contribution >= 0.6 is 0 Å². The van der Waals surface area contributed by atoms with Gasteiger partial charge in [-0.25, -0.2) is 9.97 Å². The first kappa shape index (κ1) is 14.0. The van der Waals surface area contributed by atoms with E-state index in [-0.39, 0.29) is 19.4 Å². The third-order valence-corrected chi connectivity index (χ3v) is 4.59. The van der Waals surface area contributed by atoms with Gasteiger partial charge in [0.2, 0.25) is 0 Å². The molecule has 0 aliphatic carbocycles. The summed E-state index contributed by atoms with van der Waals surface area (Å²) in [5, 5.41) is 0.878. The number of carbonyl (C=O) groups is 1. The molecule has 4 heterocycles. The van der Waals surface area contributed by atoms with Gasteiger partial charge in [-0.05, 0) is 44.9 Å². The van der Waals surface area contributed by atoms with Crippen LogP contribution in [0.15, 0.2) is 35.1 Å². The highest BCUT2D eigenvalue weighted by Crippen LogP contribution is 2.29. The summed E-state index contributed by atoms with van der Waals surface area (Å²) in [5.74, 6) is 0.899. The Labute approximate surface area is 135 Å². The minimum atomic E-state index is -0.0480. The van der Waals surface area contributed by atoms with Gasteiger partial charge in [0, 0.05) is 25.1 Å². The second-order valence-electron chi connectivity index (χ2n) is 6.11. The molecule has 23 heavy (non-hydrogen) atoms. The fraction of sp³-hybridized carbons (Fsp3) is 0.353. The number of hydrogen-bond donors (Lipinski definition) is 1. The Morgan fingerprint density at radius 1 is 1.26 bits per heavy atom. The number of aromatic amines is 1. The predicted molar refractivity (Wildman–Crippen MR) is 88.0 cm³/mol. The summed E-state index contributed by atoms with van der Waals surface area (Å²) in [5.41, 5.74) is 1.44. The van der Waals surface area contributed by atoms with E-state index in [9.17, 15) is 4.79 Å². The van der Waals surface area contributed by atoms with Gasteiger partial charge in [0.15, 0.2) is 11.5 Å². The van der Waals surface area contributed by atoms with E-state index >= 15 is 0 Å². The summed E-state index contributed by atoms with van der Waals surface area (Å²) in [7, 11) is 0. The molecule has 1 N–H and O–H groups in total. The molecule has 2 atom stereocenters. The zero-order chi connectivity index (χ0) is 16.0. The van der Waals surface area contributed by atoms with E-state index in [1.165, 1.54) is 6.33 Å². The number of amides is 1. The normalized spacial score (nSPS) is 21.2. The number of carbonyl (C=O) groups excluding carboxylic acids is 1. The summed E-state index contributed by atoms with van der Waals surface area (Å²) in [4.78, 5) is 26.1. The van der Waals surface area contributed by atoms with E-state index in [4.69, 9.17) is 4.42 Å². The monoisotopic (exact) mass is 312 g/mol. The number of H-pyrrole nitrogens is 1. The van der Waals surface area contributed by atoms with Crippen molar-refractivity contribution in [3.8, 4) is 11.5 Å². The van der Waals surface area contributed by atoms with Crippen LogP contribution < -0.4 is 0 Å². The van der Waals surface area contributed by atoms with E-state index < -0.39 is 0 Å². The lowest BCUT2D eigenvalue weighted by molar-refractivity contribution is 0.0661. The Hall–Kier alpha value is -2.63. The first-order valence-electron chi connectivity index (χ1n) is 7.86. The van der Waals surface area contributed by atoms with Crippen LogP contribution in [-0.4, -0.2) is 37.8 Å². The van der Waals surface area contributed by atoms with Crippen LogP contribution in [0.3, 0.4) is 0 Å². The maximum atomic E-state index is 12.7. The van der Waals surface area contributed by atoms with Gasteiger partial charge in [-0.3, -0.25) is 4.79 Å². The van der Waals surface area contributed by atoms with Gasteiger partial charge < -0.3 is 14.3 Å². The Morgan fingerprint density at radius 2 is 2.04 bits per heavy atom. The number of likely N-dealkylation sites (tertiary alicyclic amines) is 1. The molecule has 1 saturated heterocycles. The number of nitrogens with one attached hydrogen (secondary N) is 1. The fourth-order valence-corrected chi connectivity index (χ4v) is 3.37. The number of hydrogen-bond acceptors (Lipinski definition) is 4. The van der Waals surface area contributed by atoms with Crippen molar-refractivity contribution in [1.82, 2.24) is 19.9 Å². The number of rotatable bonds is 2. The zero-order valence-corrected chi connectivity index (χ0v) is 13.1. The van der Waals surface area contributed by atoms with E-state index in [0.717, 1.165) is 23.9 Å². The van der Waals surface area contributed by atoms with Crippen LogP contribution in [0, 0.1) is 0 Å². The predicted octanol–water partition coefficient (Wildman–Crippen LogP) is 3.48. The van der Waals surface area contributed by atoms with Gasteiger partial charge in [0.25, 0.3) is 5.91 Å². The molecule has 0 saturated carbocycles. The van der Waals surface area contributed by atoms with Gasteiger partial charge in [-0.2, -0.15) is 0 Å². The molecule has 6 nitrogen and oxygen atoms in total. The highest BCUT2D eigenvalue weighted by molar-refractivity contribution is 5.94. The Bertz CT molecular complexity index is 862. The van der Waals surface area contributed by atoms with Gasteiger partial charge in [0.1, 0.15) is 17.7 Å². The van der Waals surface area contributed by atoms with E-state index in [1.807, 2.05) is 17.2 Å². The van der Waals surface area contributed by atoms with Crippen molar-refractivity contribution in [2.75, 3.05) is 0 Å². The summed E-state index contributed by atoms with van der Waals surface area (Å²) < 4.78 is 5.82. The van der Waals surface area contributed by atoms with Crippen LogP contribution in [0.2, 0.25) is 0 Å². The maximum absolute atomic E-state index is 12.7. The molecule has 1 aliphatic rings. The van der Waals surface area contributed by atoms with Crippen molar-refractivity contribution in [3.63, 3.8) is 0 Å². The molecule has 0 radical (unpaired) electrons. The van der Waals surface area contributed by atoms with Crippen LogP contribution in [-0.2, 0) is 0 Å². The highest BCUT2D eigenvalue weighted by Gasteiger charge is 2.33. The first-order valence-corrected chi connectivity index (χ1v) is 7.86. The summed E-state index contributed by atoms with van der Waals surface area (Å²) >= 11 is 0. The van der Waals surface area contributed by atoms with Crippen molar-refractivity contribution >= 4 is 16.9 Å². The van der Waals surface area contributed by atoms with Gasteiger partial charge in [-0.15, -0.1) is 0 Å². The zero-order valence-electron chi connectivity index (χ0n) is 13.1. The second kappa shape index (κ2) is 5.22. The van der Waals surface area contributed by atoms with E-state index in [2.05, 4.69) is 28.8 Å². The van der Waals surface area contributed by atoms with Crippen molar-refractivity contribution in [1.29, 1.82) is 0 Å². The average molecular weight is 312 g/mol. The Kier molecular flexibility index (Phi) is 3.18. The summed E-state index contributed by atoms with van der Waals surface area (Å²) in [6, 6.07) is 5.94. The first-order chi connectivity index (χ1) is 11.1. The largest absolute Gasteiger partial charge is 0.449 e. The lowest BCUT2D eigenvalue weighted by Crippen LogP contribution is -2.38. The quantitative estimate of drug-likeness (QED) is 0.786. The number of aromatic nitrogens is 3. The van der Waals surface area contributed by atoms with Gasteiger partial charge in [0.05, 0.1) is 0 Å². The smallest absolute Gasteiger partial charge is 0.290 e. The Balaban J connectivity index is 0.00000169. The van der Waals surface area contributed by atoms with Crippen LogP contribution in [0.25, 0.3) is 22.5 Å². The SMILES string of the molecule is C[C@@H]1CC[C@@H](C)N1C(=O)c1ccc(-c2ncnc3[nH]ccc23)o1.[HH]. The molecule has 0 bridgehead atoms. The van der Waals surface area contributed by atoms with Crippen molar-refractivity contribution in [2.24, 2.45) is 0 Å². The number of furan rings is 1. The standard InChI is InChI=1S/C17H18N4O2.H2/c1-10-3-4-11(2)21(10)17(22)14-6-5-13(23-14)15-12-7-8-18-16(12)20-9-19-15;/h5-11H,3-4H2,1-2H3,(H,18,19,20);1H/t10-,11-;/m1./s1. The molecule has 1 amide bonds. The highest BCUT2D eigenvalue weighted by atomic mass is 16.4. The Morgan fingerprint density at radius 3 is 2.83 bits per heavy atom. The maximum Gasteiger partial charge on any atom is 0.290 e. The number of nitrogens with zero attached hydrogens (tertiary/aromatic N) is 3. The van der Waals surface area contributed by atoms with Crippen LogP contribution in [0.4, 0.5) is 0 Å². The van der Waals surface area contributed by atoms with Crippen molar-refractivity contribution < 1.29 is 10.6 Å². The third kappa shape index (κ3) is 2.21.